The Labute approximate surface area is 123 Å². The molecule has 0 saturated heterocycles. The fourth-order valence-corrected chi connectivity index (χ4v) is 2.90. The smallest absolute Gasteiger partial charge is 0.252 e. The van der Waals surface area contributed by atoms with Crippen LogP contribution in [0.25, 0.3) is 0 Å². The second-order valence-corrected chi connectivity index (χ2v) is 5.31. The molecule has 108 valence electrons. The van der Waals surface area contributed by atoms with Crippen LogP contribution in [-0.4, -0.2) is 22.1 Å². The number of hydrogen-bond donors (Lipinski definition) is 2. The largest absolute Gasteiger partial charge is 0.390 e. The lowest BCUT2D eigenvalue weighted by molar-refractivity contribution is 0.0857. The highest BCUT2D eigenvalue weighted by molar-refractivity contribution is 5.95. The van der Waals surface area contributed by atoms with Gasteiger partial charge >= 0.3 is 0 Å². The molecule has 0 bridgehead atoms. The minimum atomic E-state index is -0.571. The van der Waals surface area contributed by atoms with Gasteiger partial charge in [0, 0.05) is 24.4 Å². The van der Waals surface area contributed by atoms with Crippen molar-refractivity contribution < 1.29 is 9.90 Å². The summed E-state index contributed by atoms with van der Waals surface area (Å²) < 4.78 is 0. The number of nitrogens with one attached hydrogen (secondary N) is 1. The molecule has 0 fully saturated rings. The van der Waals surface area contributed by atoms with Crippen LogP contribution in [0.3, 0.4) is 0 Å². The number of fused-ring (bicyclic) bond motifs is 1. The van der Waals surface area contributed by atoms with E-state index in [1.165, 1.54) is 0 Å². The summed E-state index contributed by atoms with van der Waals surface area (Å²) in [4.78, 5) is 16.5. The van der Waals surface area contributed by atoms with E-state index in [4.69, 9.17) is 0 Å². The molecule has 0 spiro atoms. The number of carbonyl (C=O) groups is 1. The highest BCUT2D eigenvalue weighted by atomic mass is 16.3. The number of carbonyl (C=O) groups excluding carboxylic acids is 1. The maximum absolute atomic E-state index is 12.5. The standard InChI is InChI=1S/C17H18N2O2/c1-2-11-10-18-8-7-14(11)17(21)19-16-13-6-4-3-5-12(13)9-15(16)20/h3-8,10,15-16,20H,2,9H2,1H3,(H,19,21)/t15-,16+/m0/s1. The van der Waals surface area contributed by atoms with Gasteiger partial charge < -0.3 is 10.4 Å². The van der Waals surface area contributed by atoms with Crippen LogP contribution in [0.1, 0.15) is 40.0 Å². The third kappa shape index (κ3) is 2.54. The van der Waals surface area contributed by atoms with Gasteiger partial charge in [-0.05, 0) is 29.2 Å². The molecule has 0 saturated carbocycles. The topological polar surface area (TPSA) is 62.2 Å². The zero-order chi connectivity index (χ0) is 14.8. The Morgan fingerprint density at radius 2 is 2.19 bits per heavy atom. The minimum absolute atomic E-state index is 0.157. The first-order chi connectivity index (χ1) is 10.2. The summed E-state index contributed by atoms with van der Waals surface area (Å²) in [5.74, 6) is -0.157. The third-order valence-corrected chi connectivity index (χ3v) is 4.02. The normalized spacial score (nSPS) is 20.1. The lowest BCUT2D eigenvalue weighted by Gasteiger charge is -2.18. The molecule has 1 aromatic heterocycles. The van der Waals surface area contributed by atoms with Gasteiger partial charge in [0.05, 0.1) is 12.1 Å². The summed E-state index contributed by atoms with van der Waals surface area (Å²) in [7, 11) is 0. The maximum Gasteiger partial charge on any atom is 0.252 e. The first-order valence-corrected chi connectivity index (χ1v) is 7.20. The highest BCUT2D eigenvalue weighted by Crippen LogP contribution is 2.31. The predicted octanol–water partition coefficient (Wildman–Crippen LogP) is 2.03. The van der Waals surface area contributed by atoms with Crippen molar-refractivity contribution in [2.75, 3.05) is 0 Å². The number of aromatic nitrogens is 1. The molecule has 2 N–H and O–H groups in total. The van der Waals surface area contributed by atoms with Gasteiger partial charge in [-0.2, -0.15) is 0 Å². The fraction of sp³-hybridized carbons (Fsp3) is 0.294. The molecule has 1 aliphatic carbocycles. The predicted molar refractivity (Wildman–Crippen MR) is 80.0 cm³/mol. The van der Waals surface area contributed by atoms with Gasteiger partial charge in [-0.1, -0.05) is 31.2 Å². The van der Waals surface area contributed by atoms with Crippen molar-refractivity contribution in [3.05, 3.63) is 65.0 Å². The van der Waals surface area contributed by atoms with Crippen molar-refractivity contribution in [2.24, 2.45) is 0 Å². The number of aliphatic hydroxyl groups excluding tert-OH is 1. The van der Waals surface area contributed by atoms with E-state index in [0.717, 1.165) is 23.1 Å². The second kappa shape index (κ2) is 5.66. The van der Waals surface area contributed by atoms with E-state index < -0.39 is 6.10 Å². The van der Waals surface area contributed by atoms with Crippen LogP contribution in [0.15, 0.2) is 42.7 Å². The van der Waals surface area contributed by atoms with E-state index >= 15 is 0 Å². The Kier molecular flexibility index (Phi) is 3.71. The number of hydrogen-bond acceptors (Lipinski definition) is 3. The Morgan fingerprint density at radius 1 is 1.38 bits per heavy atom. The Morgan fingerprint density at radius 3 is 3.00 bits per heavy atom. The van der Waals surface area contributed by atoms with E-state index in [1.807, 2.05) is 31.2 Å². The molecule has 1 aliphatic rings. The molecule has 2 atom stereocenters. The van der Waals surface area contributed by atoms with Crippen molar-refractivity contribution in [3.8, 4) is 0 Å². The van der Waals surface area contributed by atoms with Gasteiger partial charge in [-0.15, -0.1) is 0 Å². The first-order valence-electron chi connectivity index (χ1n) is 7.20. The molecule has 1 amide bonds. The maximum atomic E-state index is 12.5. The van der Waals surface area contributed by atoms with Crippen LogP contribution >= 0.6 is 0 Å². The number of amides is 1. The SMILES string of the molecule is CCc1cnccc1C(=O)N[C@@H]1c2ccccc2C[C@@H]1O. The summed E-state index contributed by atoms with van der Waals surface area (Å²) in [6.07, 6.45) is 4.10. The molecular formula is C17H18N2O2. The molecule has 1 heterocycles. The van der Waals surface area contributed by atoms with Gasteiger partial charge in [0.2, 0.25) is 0 Å². The van der Waals surface area contributed by atoms with Crippen LogP contribution < -0.4 is 5.32 Å². The summed E-state index contributed by atoms with van der Waals surface area (Å²) in [6.45, 7) is 1.99. The number of nitrogens with zero attached hydrogens (tertiary/aromatic N) is 1. The summed E-state index contributed by atoms with van der Waals surface area (Å²) >= 11 is 0. The van der Waals surface area contributed by atoms with Crippen LogP contribution in [0.4, 0.5) is 0 Å². The minimum Gasteiger partial charge on any atom is -0.390 e. The monoisotopic (exact) mass is 282 g/mol. The molecule has 3 rings (SSSR count). The molecule has 4 nitrogen and oxygen atoms in total. The number of benzene rings is 1. The zero-order valence-electron chi connectivity index (χ0n) is 11.9. The summed E-state index contributed by atoms with van der Waals surface area (Å²) in [5, 5.41) is 13.2. The van der Waals surface area contributed by atoms with E-state index in [1.54, 1.807) is 18.5 Å². The Bertz CT molecular complexity index is 669. The van der Waals surface area contributed by atoms with Crippen LogP contribution in [-0.2, 0) is 12.8 Å². The number of pyridine rings is 1. The molecule has 1 aromatic carbocycles. The van der Waals surface area contributed by atoms with E-state index in [9.17, 15) is 9.90 Å². The van der Waals surface area contributed by atoms with Gasteiger partial charge in [0.15, 0.2) is 0 Å². The van der Waals surface area contributed by atoms with Crippen molar-refractivity contribution in [3.63, 3.8) is 0 Å². The molecule has 21 heavy (non-hydrogen) atoms. The van der Waals surface area contributed by atoms with E-state index in [-0.39, 0.29) is 11.9 Å². The molecular weight excluding hydrogens is 264 g/mol. The third-order valence-electron chi connectivity index (χ3n) is 4.02. The summed E-state index contributed by atoms with van der Waals surface area (Å²) in [6, 6.07) is 9.22. The molecule has 0 unspecified atom stereocenters. The van der Waals surface area contributed by atoms with Gasteiger partial charge in [0.1, 0.15) is 0 Å². The number of aryl methyl sites for hydroxylation is 1. The molecule has 0 radical (unpaired) electrons. The van der Waals surface area contributed by atoms with Crippen molar-refractivity contribution >= 4 is 5.91 Å². The Hall–Kier alpha value is -2.20. The summed E-state index contributed by atoms with van der Waals surface area (Å²) in [5.41, 5.74) is 3.64. The Balaban J connectivity index is 1.85. The van der Waals surface area contributed by atoms with Crippen LogP contribution in [0.2, 0.25) is 0 Å². The van der Waals surface area contributed by atoms with Crippen molar-refractivity contribution in [2.45, 2.75) is 31.9 Å². The van der Waals surface area contributed by atoms with Gasteiger partial charge in [0.25, 0.3) is 5.91 Å². The second-order valence-electron chi connectivity index (χ2n) is 5.31. The van der Waals surface area contributed by atoms with Crippen molar-refractivity contribution in [1.29, 1.82) is 0 Å². The number of aliphatic hydroxyl groups is 1. The van der Waals surface area contributed by atoms with Crippen molar-refractivity contribution in [1.82, 2.24) is 10.3 Å². The fourth-order valence-electron chi connectivity index (χ4n) is 2.90. The molecule has 2 aromatic rings. The van der Waals surface area contributed by atoms with E-state index in [2.05, 4.69) is 10.3 Å². The van der Waals surface area contributed by atoms with Gasteiger partial charge in [-0.25, -0.2) is 0 Å². The van der Waals surface area contributed by atoms with E-state index in [0.29, 0.717) is 12.0 Å². The quantitative estimate of drug-likeness (QED) is 0.905. The first kappa shape index (κ1) is 13.8. The lowest BCUT2D eigenvalue weighted by Crippen LogP contribution is -2.34. The molecule has 4 heteroatoms. The number of rotatable bonds is 3. The zero-order valence-corrected chi connectivity index (χ0v) is 11.9. The highest BCUT2D eigenvalue weighted by Gasteiger charge is 2.32. The average Bonchev–Trinajstić information content (AvgIpc) is 2.83. The lowest BCUT2D eigenvalue weighted by atomic mass is 10.0. The average molecular weight is 282 g/mol. The van der Waals surface area contributed by atoms with Crippen LogP contribution in [0.5, 0.6) is 0 Å². The molecule has 0 aliphatic heterocycles. The van der Waals surface area contributed by atoms with Crippen LogP contribution in [0, 0.1) is 0 Å². The van der Waals surface area contributed by atoms with Gasteiger partial charge in [-0.3, -0.25) is 9.78 Å².